The first-order valence-electron chi connectivity index (χ1n) is 6.83. The van der Waals surface area contributed by atoms with E-state index in [1.807, 2.05) is 36.4 Å². The Morgan fingerprint density at radius 2 is 1.19 bits per heavy atom. The summed E-state index contributed by atoms with van der Waals surface area (Å²) in [6.07, 6.45) is 2.09. The van der Waals surface area contributed by atoms with E-state index in [9.17, 15) is 0 Å². The minimum atomic E-state index is 0.958. The molecule has 104 valence electrons. The van der Waals surface area contributed by atoms with Crippen molar-refractivity contribution in [2.45, 2.75) is 11.8 Å². The molecule has 3 heteroatoms. The molecule has 0 aliphatic heterocycles. The van der Waals surface area contributed by atoms with Gasteiger partial charge in [0, 0.05) is 16.0 Å². The molecular weight excluding hydrogens is 276 g/mol. The predicted octanol–water partition coefficient (Wildman–Crippen LogP) is 4.84. The van der Waals surface area contributed by atoms with Crippen LogP contribution in [0, 0.1) is 6.92 Å². The van der Waals surface area contributed by atoms with Crippen molar-refractivity contribution >= 4 is 11.8 Å². The minimum Gasteiger partial charge on any atom is -0.150 e. The van der Waals surface area contributed by atoms with E-state index in [-0.39, 0.29) is 0 Å². The summed E-state index contributed by atoms with van der Waals surface area (Å²) in [6.45, 7) is 2.12. The average molecular weight is 292 g/mol. The quantitative estimate of drug-likeness (QED) is 0.646. The Hall–Kier alpha value is -2.13. The van der Waals surface area contributed by atoms with Crippen LogP contribution in [0.1, 0.15) is 5.56 Å². The zero-order valence-electron chi connectivity index (χ0n) is 12.1. The molecule has 0 aliphatic rings. The predicted molar refractivity (Wildman–Crippen MR) is 89.4 cm³/mol. The summed E-state index contributed by atoms with van der Waals surface area (Å²) in [4.78, 5) is 1.19. The standard InChI is InChI=1S/C18H16N2S/c1-13-16(14-9-5-3-6-10-14)19-20-17(18(13)21-2)15-11-7-4-8-12-15/h3-12H,1-2H3. The van der Waals surface area contributed by atoms with Gasteiger partial charge in [0.1, 0.15) is 5.69 Å². The van der Waals surface area contributed by atoms with Crippen molar-refractivity contribution < 1.29 is 0 Å². The number of aromatic nitrogens is 2. The van der Waals surface area contributed by atoms with Crippen LogP contribution in [0.4, 0.5) is 0 Å². The molecule has 0 atom stereocenters. The summed E-state index contributed by atoms with van der Waals surface area (Å²) in [5.74, 6) is 0. The number of benzene rings is 2. The molecule has 2 nitrogen and oxygen atoms in total. The molecule has 21 heavy (non-hydrogen) atoms. The van der Waals surface area contributed by atoms with E-state index in [1.54, 1.807) is 11.8 Å². The first-order valence-corrected chi connectivity index (χ1v) is 8.06. The van der Waals surface area contributed by atoms with Gasteiger partial charge < -0.3 is 0 Å². The lowest BCUT2D eigenvalue weighted by atomic mass is 10.0. The normalized spacial score (nSPS) is 10.6. The largest absolute Gasteiger partial charge is 0.150 e. The Bertz CT molecular complexity index is 740. The summed E-state index contributed by atoms with van der Waals surface area (Å²) < 4.78 is 0. The first-order chi connectivity index (χ1) is 10.3. The van der Waals surface area contributed by atoms with Crippen LogP contribution < -0.4 is 0 Å². The van der Waals surface area contributed by atoms with Crippen LogP contribution in [-0.4, -0.2) is 16.5 Å². The molecule has 3 rings (SSSR count). The molecule has 1 heterocycles. The molecule has 0 unspecified atom stereocenters. The molecule has 0 N–H and O–H groups in total. The Morgan fingerprint density at radius 3 is 1.71 bits per heavy atom. The van der Waals surface area contributed by atoms with Gasteiger partial charge in [0.25, 0.3) is 0 Å². The van der Waals surface area contributed by atoms with Crippen LogP contribution in [-0.2, 0) is 0 Å². The average Bonchev–Trinajstić information content (AvgIpc) is 2.56. The zero-order valence-corrected chi connectivity index (χ0v) is 12.9. The fourth-order valence-corrected chi connectivity index (χ4v) is 3.17. The molecule has 2 aromatic carbocycles. The van der Waals surface area contributed by atoms with Crippen LogP contribution in [0.25, 0.3) is 22.5 Å². The topological polar surface area (TPSA) is 25.8 Å². The van der Waals surface area contributed by atoms with Crippen LogP contribution >= 0.6 is 11.8 Å². The van der Waals surface area contributed by atoms with Gasteiger partial charge in [-0.25, -0.2) is 0 Å². The summed E-state index contributed by atoms with van der Waals surface area (Å²) in [5, 5.41) is 8.96. The van der Waals surface area contributed by atoms with E-state index in [1.165, 1.54) is 10.5 Å². The van der Waals surface area contributed by atoms with Crippen molar-refractivity contribution in [3.05, 3.63) is 66.2 Å². The highest BCUT2D eigenvalue weighted by molar-refractivity contribution is 7.98. The van der Waals surface area contributed by atoms with Gasteiger partial charge in [-0.2, -0.15) is 0 Å². The van der Waals surface area contributed by atoms with Gasteiger partial charge in [-0.3, -0.25) is 0 Å². The van der Waals surface area contributed by atoms with Gasteiger partial charge in [-0.15, -0.1) is 22.0 Å². The maximum Gasteiger partial charge on any atom is 0.107 e. The SMILES string of the molecule is CSc1c(-c2ccccc2)nnc(-c2ccccc2)c1C. The van der Waals surface area contributed by atoms with Gasteiger partial charge in [0.2, 0.25) is 0 Å². The van der Waals surface area contributed by atoms with Gasteiger partial charge in [0.15, 0.2) is 0 Å². The highest BCUT2D eigenvalue weighted by Gasteiger charge is 2.14. The van der Waals surface area contributed by atoms with Gasteiger partial charge in [0.05, 0.1) is 5.69 Å². The molecule has 0 bridgehead atoms. The Balaban J connectivity index is 2.17. The molecule has 0 spiro atoms. The lowest BCUT2D eigenvalue weighted by Crippen LogP contribution is -1.98. The number of hydrogen-bond acceptors (Lipinski definition) is 3. The van der Waals surface area contributed by atoms with E-state index < -0.39 is 0 Å². The second kappa shape index (κ2) is 6.10. The minimum absolute atomic E-state index is 0.958. The fourth-order valence-electron chi connectivity index (χ4n) is 2.41. The number of nitrogens with zero attached hydrogens (tertiary/aromatic N) is 2. The van der Waals surface area contributed by atoms with Crippen LogP contribution in [0.3, 0.4) is 0 Å². The summed E-state index contributed by atoms with van der Waals surface area (Å²) in [7, 11) is 0. The molecule has 3 aromatic rings. The maximum atomic E-state index is 4.49. The van der Waals surface area contributed by atoms with Crippen molar-refractivity contribution in [3.8, 4) is 22.5 Å². The molecular formula is C18H16N2S. The second-order valence-corrected chi connectivity index (χ2v) is 5.60. The number of rotatable bonds is 3. The van der Waals surface area contributed by atoms with Crippen LogP contribution in [0.5, 0.6) is 0 Å². The lowest BCUT2D eigenvalue weighted by Gasteiger charge is -2.12. The first kappa shape index (κ1) is 13.8. The van der Waals surface area contributed by atoms with Crippen molar-refractivity contribution in [2.75, 3.05) is 6.26 Å². The molecule has 0 saturated heterocycles. The maximum absolute atomic E-state index is 4.49. The second-order valence-electron chi connectivity index (χ2n) is 4.79. The number of hydrogen-bond donors (Lipinski definition) is 0. The molecule has 0 saturated carbocycles. The lowest BCUT2D eigenvalue weighted by molar-refractivity contribution is 0.991. The molecule has 0 aliphatic carbocycles. The molecule has 0 fully saturated rings. The third-order valence-corrected chi connectivity index (χ3v) is 4.37. The van der Waals surface area contributed by atoms with Gasteiger partial charge >= 0.3 is 0 Å². The summed E-state index contributed by atoms with van der Waals surface area (Å²) in [6, 6.07) is 20.4. The van der Waals surface area contributed by atoms with E-state index in [0.29, 0.717) is 0 Å². The van der Waals surface area contributed by atoms with E-state index >= 15 is 0 Å². The fraction of sp³-hybridized carbons (Fsp3) is 0.111. The smallest absolute Gasteiger partial charge is 0.107 e. The van der Waals surface area contributed by atoms with Crippen molar-refractivity contribution in [2.24, 2.45) is 0 Å². The van der Waals surface area contributed by atoms with Gasteiger partial charge in [-0.1, -0.05) is 60.7 Å². The number of thioether (sulfide) groups is 1. The van der Waals surface area contributed by atoms with Crippen molar-refractivity contribution in [1.82, 2.24) is 10.2 Å². The third kappa shape index (κ3) is 2.69. The summed E-state index contributed by atoms with van der Waals surface area (Å²) in [5.41, 5.74) is 5.32. The van der Waals surface area contributed by atoms with Crippen LogP contribution in [0.2, 0.25) is 0 Å². The van der Waals surface area contributed by atoms with Gasteiger partial charge in [-0.05, 0) is 18.7 Å². The summed E-state index contributed by atoms with van der Waals surface area (Å²) >= 11 is 1.72. The van der Waals surface area contributed by atoms with E-state index in [2.05, 4.69) is 47.6 Å². The highest BCUT2D eigenvalue weighted by Crippen LogP contribution is 2.34. The van der Waals surface area contributed by atoms with E-state index in [0.717, 1.165) is 22.5 Å². The highest BCUT2D eigenvalue weighted by atomic mass is 32.2. The molecule has 1 aromatic heterocycles. The Labute approximate surface area is 129 Å². The zero-order chi connectivity index (χ0) is 14.7. The third-order valence-electron chi connectivity index (χ3n) is 3.46. The monoisotopic (exact) mass is 292 g/mol. The Kier molecular flexibility index (Phi) is 4.02. The molecule has 0 radical (unpaired) electrons. The van der Waals surface area contributed by atoms with Crippen LogP contribution in [0.15, 0.2) is 65.6 Å². The van der Waals surface area contributed by atoms with Crippen molar-refractivity contribution in [3.63, 3.8) is 0 Å². The Morgan fingerprint density at radius 1 is 0.714 bits per heavy atom. The van der Waals surface area contributed by atoms with E-state index in [4.69, 9.17) is 0 Å². The van der Waals surface area contributed by atoms with Crippen molar-refractivity contribution in [1.29, 1.82) is 0 Å². The molecule has 0 amide bonds.